The summed E-state index contributed by atoms with van der Waals surface area (Å²) >= 11 is 0. The van der Waals surface area contributed by atoms with Crippen LogP contribution >= 0.6 is 0 Å². The standard InChI is InChI=1S/C13H18F2N2O3/c1-19-9-3-4-11(20-2)10(7-9)13(18)17(6-5-16)8-12(14)15/h3-4,7,12H,5-6,8,16H2,1-2H3. The second-order valence-electron chi connectivity index (χ2n) is 4.00. The van der Waals surface area contributed by atoms with Gasteiger partial charge in [-0.05, 0) is 18.2 Å². The maximum absolute atomic E-state index is 12.5. The van der Waals surface area contributed by atoms with E-state index in [-0.39, 0.29) is 18.7 Å². The Morgan fingerprint density at radius 2 is 2.05 bits per heavy atom. The zero-order valence-electron chi connectivity index (χ0n) is 11.4. The van der Waals surface area contributed by atoms with E-state index < -0.39 is 18.9 Å². The summed E-state index contributed by atoms with van der Waals surface area (Å²) in [6.45, 7) is -0.523. The first-order chi connectivity index (χ1) is 9.53. The molecule has 0 aliphatic carbocycles. The third-order valence-electron chi connectivity index (χ3n) is 2.68. The van der Waals surface area contributed by atoms with Gasteiger partial charge in [0.1, 0.15) is 11.5 Å². The van der Waals surface area contributed by atoms with Crippen molar-refractivity contribution in [2.24, 2.45) is 5.73 Å². The molecule has 7 heteroatoms. The zero-order chi connectivity index (χ0) is 15.1. The van der Waals surface area contributed by atoms with E-state index >= 15 is 0 Å². The third-order valence-corrected chi connectivity index (χ3v) is 2.68. The number of hydrogen-bond acceptors (Lipinski definition) is 4. The summed E-state index contributed by atoms with van der Waals surface area (Å²) in [6, 6.07) is 4.63. The number of nitrogens with zero attached hydrogens (tertiary/aromatic N) is 1. The molecule has 20 heavy (non-hydrogen) atoms. The van der Waals surface area contributed by atoms with Gasteiger partial charge in [0.25, 0.3) is 12.3 Å². The van der Waals surface area contributed by atoms with Crippen LogP contribution in [0, 0.1) is 0 Å². The fraction of sp³-hybridized carbons (Fsp3) is 0.462. The van der Waals surface area contributed by atoms with Crippen molar-refractivity contribution < 1.29 is 23.0 Å². The first kappa shape index (κ1) is 16.2. The SMILES string of the molecule is COc1ccc(OC)c(C(=O)N(CCN)CC(F)F)c1. The van der Waals surface area contributed by atoms with E-state index in [9.17, 15) is 13.6 Å². The highest BCUT2D eigenvalue weighted by molar-refractivity contribution is 5.97. The highest BCUT2D eigenvalue weighted by atomic mass is 19.3. The van der Waals surface area contributed by atoms with Crippen LogP contribution in [0.5, 0.6) is 11.5 Å². The quantitative estimate of drug-likeness (QED) is 0.823. The van der Waals surface area contributed by atoms with Crippen LogP contribution in [0.2, 0.25) is 0 Å². The fourth-order valence-corrected chi connectivity index (χ4v) is 1.75. The van der Waals surface area contributed by atoms with Gasteiger partial charge in [0.15, 0.2) is 0 Å². The molecule has 5 nitrogen and oxygen atoms in total. The van der Waals surface area contributed by atoms with Gasteiger partial charge in [-0.1, -0.05) is 0 Å². The van der Waals surface area contributed by atoms with Gasteiger partial charge in [0.05, 0.1) is 26.3 Å². The zero-order valence-corrected chi connectivity index (χ0v) is 11.4. The number of amides is 1. The van der Waals surface area contributed by atoms with Gasteiger partial charge in [-0.25, -0.2) is 8.78 Å². The molecule has 0 aliphatic rings. The topological polar surface area (TPSA) is 64.8 Å². The molecule has 0 spiro atoms. The van der Waals surface area contributed by atoms with E-state index in [1.807, 2.05) is 0 Å². The molecule has 0 aliphatic heterocycles. The lowest BCUT2D eigenvalue weighted by Crippen LogP contribution is -2.38. The molecule has 0 atom stereocenters. The minimum absolute atomic E-state index is 0.0452. The van der Waals surface area contributed by atoms with Gasteiger partial charge in [-0.15, -0.1) is 0 Å². The number of nitrogens with two attached hydrogens (primary N) is 1. The molecule has 0 saturated heterocycles. The largest absolute Gasteiger partial charge is 0.497 e. The minimum Gasteiger partial charge on any atom is -0.497 e. The molecule has 1 rings (SSSR count). The van der Waals surface area contributed by atoms with Crippen molar-refractivity contribution >= 4 is 5.91 Å². The molecule has 2 N–H and O–H groups in total. The number of methoxy groups -OCH3 is 2. The molecule has 1 aromatic rings. The van der Waals surface area contributed by atoms with Crippen molar-refractivity contribution in [1.82, 2.24) is 4.90 Å². The lowest BCUT2D eigenvalue weighted by Gasteiger charge is -2.22. The molecule has 112 valence electrons. The smallest absolute Gasteiger partial charge is 0.257 e. The van der Waals surface area contributed by atoms with Gasteiger partial charge >= 0.3 is 0 Å². The number of rotatable bonds is 7. The van der Waals surface area contributed by atoms with Crippen LogP contribution in [-0.2, 0) is 0 Å². The van der Waals surface area contributed by atoms with Crippen LogP contribution in [0.4, 0.5) is 8.78 Å². The maximum Gasteiger partial charge on any atom is 0.257 e. The Morgan fingerprint density at radius 1 is 1.35 bits per heavy atom. The van der Waals surface area contributed by atoms with Crippen LogP contribution in [0.3, 0.4) is 0 Å². The van der Waals surface area contributed by atoms with Crippen molar-refractivity contribution in [3.05, 3.63) is 23.8 Å². The second-order valence-corrected chi connectivity index (χ2v) is 4.00. The summed E-state index contributed by atoms with van der Waals surface area (Å²) in [4.78, 5) is 13.3. The average Bonchev–Trinajstić information content (AvgIpc) is 2.44. The Kier molecular flexibility index (Phi) is 6.17. The van der Waals surface area contributed by atoms with E-state index in [1.54, 1.807) is 12.1 Å². The van der Waals surface area contributed by atoms with Crippen molar-refractivity contribution in [2.45, 2.75) is 6.43 Å². The summed E-state index contributed by atoms with van der Waals surface area (Å²) in [5, 5.41) is 0. The molecule has 0 aromatic heterocycles. The minimum atomic E-state index is -2.62. The molecule has 0 saturated carbocycles. The summed E-state index contributed by atoms with van der Waals surface area (Å²) in [5.41, 5.74) is 5.52. The number of halogens is 2. The van der Waals surface area contributed by atoms with Gasteiger partial charge < -0.3 is 20.1 Å². The summed E-state index contributed by atoms with van der Waals surface area (Å²) in [6.07, 6.45) is -2.62. The first-order valence-corrected chi connectivity index (χ1v) is 6.03. The highest BCUT2D eigenvalue weighted by Crippen LogP contribution is 2.25. The normalized spacial score (nSPS) is 10.5. The molecule has 0 heterocycles. The van der Waals surface area contributed by atoms with Crippen LogP contribution < -0.4 is 15.2 Å². The van der Waals surface area contributed by atoms with Crippen molar-refractivity contribution in [1.29, 1.82) is 0 Å². The van der Waals surface area contributed by atoms with Crippen molar-refractivity contribution in [3.63, 3.8) is 0 Å². The lowest BCUT2D eigenvalue weighted by molar-refractivity contribution is 0.0560. The Balaban J connectivity index is 3.08. The summed E-state index contributed by atoms with van der Waals surface area (Å²) in [5.74, 6) is 0.178. The number of carbonyl (C=O) groups is 1. The predicted octanol–water partition coefficient (Wildman–Crippen LogP) is 1.37. The monoisotopic (exact) mass is 288 g/mol. The Bertz CT molecular complexity index is 455. The van der Waals surface area contributed by atoms with Crippen LogP contribution in [0.1, 0.15) is 10.4 Å². The molecule has 0 unspecified atom stereocenters. The number of alkyl halides is 2. The predicted molar refractivity (Wildman–Crippen MR) is 70.5 cm³/mol. The number of carbonyl (C=O) groups excluding carboxylic acids is 1. The van der Waals surface area contributed by atoms with E-state index in [4.69, 9.17) is 15.2 Å². The maximum atomic E-state index is 12.5. The molecule has 1 aromatic carbocycles. The Labute approximate surface area is 116 Å². The highest BCUT2D eigenvalue weighted by Gasteiger charge is 2.22. The van der Waals surface area contributed by atoms with Gasteiger partial charge in [-0.2, -0.15) is 0 Å². The second kappa shape index (κ2) is 7.64. The number of benzene rings is 1. The van der Waals surface area contributed by atoms with E-state index in [2.05, 4.69) is 0 Å². The average molecular weight is 288 g/mol. The van der Waals surface area contributed by atoms with Crippen LogP contribution in [-0.4, -0.2) is 51.1 Å². The van der Waals surface area contributed by atoms with Gasteiger partial charge in [-0.3, -0.25) is 4.79 Å². The van der Waals surface area contributed by atoms with Crippen molar-refractivity contribution in [3.8, 4) is 11.5 Å². The first-order valence-electron chi connectivity index (χ1n) is 6.03. The van der Waals surface area contributed by atoms with Gasteiger partial charge in [0.2, 0.25) is 0 Å². The van der Waals surface area contributed by atoms with E-state index in [0.29, 0.717) is 11.5 Å². The van der Waals surface area contributed by atoms with Crippen LogP contribution in [0.25, 0.3) is 0 Å². The molecular formula is C13H18F2N2O3. The van der Waals surface area contributed by atoms with Gasteiger partial charge in [0, 0.05) is 13.1 Å². The Hall–Kier alpha value is -1.89. The number of hydrogen-bond donors (Lipinski definition) is 1. The molecule has 0 bridgehead atoms. The lowest BCUT2D eigenvalue weighted by atomic mass is 10.1. The van der Waals surface area contributed by atoms with Crippen molar-refractivity contribution in [2.75, 3.05) is 33.9 Å². The molecule has 0 radical (unpaired) electrons. The summed E-state index contributed by atoms with van der Waals surface area (Å²) in [7, 11) is 2.85. The third kappa shape index (κ3) is 4.06. The van der Waals surface area contributed by atoms with E-state index in [0.717, 1.165) is 4.90 Å². The molecular weight excluding hydrogens is 270 g/mol. The van der Waals surface area contributed by atoms with E-state index in [1.165, 1.54) is 20.3 Å². The molecule has 0 fully saturated rings. The number of ether oxygens (including phenoxy) is 2. The Morgan fingerprint density at radius 3 is 2.55 bits per heavy atom. The summed E-state index contributed by atoms with van der Waals surface area (Å²) < 4.78 is 35.1. The molecule has 1 amide bonds. The fourth-order valence-electron chi connectivity index (χ4n) is 1.75. The van der Waals surface area contributed by atoms with Crippen LogP contribution in [0.15, 0.2) is 18.2 Å².